The third-order valence-corrected chi connectivity index (χ3v) is 2.26. The molecule has 0 aliphatic rings. The summed E-state index contributed by atoms with van der Waals surface area (Å²) >= 11 is 0. The molecule has 15 heavy (non-hydrogen) atoms. The summed E-state index contributed by atoms with van der Waals surface area (Å²) in [7, 11) is 0. The number of aryl methyl sites for hydroxylation is 1. The van der Waals surface area contributed by atoms with E-state index in [1.54, 1.807) is 6.92 Å². The van der Waals surface area contributed by atoms with E-state index in [4.69, 9.17) is 4.74 Å². The van der Waals surface area contributed by atoms with Crippen molar-refractivity contribution in [3.8, 4) is 5.75 Å². The third-order valence-electron chi connectivity index (χ3n) is 2.26. The first kappa shape index (κ1) is 11.8. The van der Waals surface area contributed by atoms with Crippen molar-refractivity contribution in [2.45, 2.75) is 26.4 Å². The van der Waals surface area contributed by atoms with Crippen LogP contribution in [-0.4, -0.2) is 11.7 Å². The Morgan fingerprint density at radius 1 is 1.53 bits per heavy atom. The quantitative estimate of drug-likeness (QED) is 0.592. The summed E-state index contributed by atoms with van der Waals surface area (Å²) in [4.78, 5) is 0. The van der Waals surface area contributed by atoms with Crippen LogP contribution in [0.4, 0.5) is 0 Å². The van der Waals surface area contributed by atoms with Gasteiger partial charge in [0, 0.05) is 0 Å². The molecule has 0 aromatic heterocycles. The number of aliphatic hydroxyl groups is 1. The number of hydrogen-bond acceptors (Lipinski definition) is 2. The highest BCUT2D eigenvalue weighted by molar-refractivity contribution is 5.36. The van der Waals surface area contributed by atoms with Gasteiger partial charge in [-0.05, 0) is 43.5 Å². The van der Waals surface area contributed by atoms with Crippen LogP contribution in [0.2, 0.25) is 0 Å². The second kappa shape index (κ2) is 5.56. The highest BCUT2D eigenvalue weighted by Crippen LogP contribution is 2.22. The second-order valence-corrected chi connectivity index (χ2v) is 3.63. The van der Waals surface area contributed by atoms with E-state index in [2.05, 4.69) is 6.58 Å². The van der Waals surface area contributed by atoms with E-state index in [0.717, 1.165) is 23.3 Å². The molecular formula is C13H18O2. The summed E-state index contributed by atoms with van der Waals surface area (Å²) < 4.78 is 5.56. The summed E-state index contributed by atoms with van der Waals surface area (Å²) in [5.74, 6) is 0.876. The van der Waals surface area contributed by atoms with Crippen molar-refractivity contribution >= 4 is 0 Å². The molecule has 0 spiro atoms. The molecule has 0 saturated heterocycles. The van der Waals surface area contributed by atoms with Gasteiger partial charge in [0.15, 0.2) is 0 Å². The van der Waals surface area contributed by atoms with Gasteiger partial charge in [-0.15, -0.1) is 6.58 Å². The zero-order valence-corrected chi connectivity index (χ0v) is 9.36. The molecule has 82 valence electrons. The number of aliphatic hydroxyl groups excluding tert-OH is 1. The topological polar surface area (TPSA) is 29.5 Å². The lowest BCUT2D eigenvalue weighted by Crippen LogP contribution is -1.99. The van der Waals surface area contributed by atoms with Crippen LogP contribution in [0.25, 0.3) is 0 Å². The van der Waals surface area contributed by atoms with Crippen LogP contribution >= 0.6 is 0 Å². The Balaban J connectivity index is 2.70. The predicted molar refractivity (Wildman–Crippen MR) is 62.1 cm³/mol. The highest BCUT2D eigenvalue weighted by Gasteiger charge is 2.04. The lowest BCUT2D eigenvalue weighted by atomic mass is 10.1. The zero-order chi connectivity index (χ0) is 11.3. The number of ether oxygens (including phenoxy) is 1. The first-order valence-corrected chi connectivity index (χ1v) is 5.17. The second-order valence-electron chi connectivity index (χ2n) is 3.63. The van der Waals surface area contributed by atoms with Crippen molar-refractivity contribution in [2.24, 2.45) is 0 Å². The molecule has 0 aliphatic heterocycles. The normalized spacial score (nSPS) is 12.2. The van der Waals surface area contributed by atoms with Gasteiger partial charge in [0.05, 0.1) is 12.7 Å². The van der Waals surface area contributed by atoms with Crippen LogP contribution in [0, 0.1) is 6.92 Å². The van der Waals surface area contributed by atoms with Crippen molar-refractivity contribution in [1.29, 1.82) is 0 Å². The summed E-state index contributed by atoms with van der Waals surface area (Å²) in [5.41, 5.74) is 1.97. The van der Waals surface area contributed by atoms with Crippen LogP contribution in [-0.2, 0) is 0 Å². The van der Waals surface area contributed by atoms with Crippen molar-refractivity contribution in [1.82, 2.24) is 0 Å². The van der Waals surface area contributed by atoms with E-state index >= 15 is 0 Å². The van der Waals surface area contributed by atoms with Gasteiger partial charge in [-0.3, -0.25) is 0 Å². The average Bonchev–Trinajstić information content (AvgIpc) is 2.20. The fourth-order valence-corrected chi connectivity index (χ4v) is 1.35. The molecule has 1 N–H and O–H groups in total. The molecule has 2 nitrogen and oxygen atoms in total. The van der Waals surface area contributed by atoms with Crippen molar-refractivity contribution < 1.29 is 9.84 Å². The Kier molecular flexibility index (Phi) is 4.37. The van der Waals surface area contributed by atoms with Crippen molar-refractivity contribution in [2.75, 3.05) is 6.61 Å². The molecule has 0 radical (unpaired) electrons. The zero-order valence-electron chi connectivity index (χ0n) is 9.36. The van der Waals surface area contributed by atoms with Gasteiger partial charge in [-0.25, -0.2) is 0 Å². The fraction of sp³-hybridized carbons (Fsp3) is 0.385. The molecule has 2 heteroatoms. The van der Waals surface area contributed by atoms with Gasteiger partial charge < -0.3 is 9.84 Å². The molecule has 0 amide bonds. The van der Waals surface area contributed by atoms with E-state index < -0.39 is 6.10 Å². The van der Waals surface area contributed by atoms with E-state index in [9.17, 15) is 5.11 Å². The maximum atomic E-state index is 9.40. The standard InChI is InChI=1S/C13H18O2/c1-4-5-8-15-13-7-6-12(11(3)14)9-10(13)2/h4,6-7,9,11,14H,1,5,8H2,2-3H3/t11-/m0/s1. The van der Waals surface area contributed by atoms with Crippen molar-refractivity contribution in [3.63, 3.8) is 0 Å². The Hall–Kier alpha value is -1.28. The lowest BCUT2D eigenvalue weighted by molar-refractivity contribution is 0.199. The highest BCUT2D eigenvalue weighted by atomic mass is 16.5. The van der Waals surface area contributed by atoms with Gasteiger partial charge in [0.1, 0.15) is 5.75 Å². The van der Waals surface area contributed by atoms with E-state index in [1.165, 1.54) is 0 Å². The van der Waals surface area contributed by atoms with Gasteiger partial charge in [-0.1, -0.05) is 12.1 Å². The summed E-state index contributed by atoms with van der Waals surface area (Å²) in [6.07, 6.45) is 2.25. The smallest absolute Gasteiger partial charge is 0.122 e. The minimum atomic E-state index is -0.425. The molecule has 1 rings (SSSR count). The van der Waals surface area contributed by atoms with Crippen LogP contribution in [0.3, 0.4) is 0 Å². The van der Waals surface area contributed by atoms with Crippen molar-refractivity contribution in [3.05, 3.63) is 42.0 Å². The molecule has 1 atom stereocenters. The maximum Gasteiger partial charge on any atom is 0.122 e. The average molecular weight is 206 g/mol. The molecule has 0 unspecified atom stereocenters. The van der Waals surface area contributed by atoms with Crippen LogP contribution in [0.15, 0.2) is 30.9 Å². The lowest BCUT2D eigenvalue weighted by Gasteiger charge is -2.11. The summed E-state index contributed by atoms with van der Waals surface area (Å²) in [6, 6.07) is 5.75. The Morgan fingerprint density at radius 3 is 2.80 bits per heavy atom. The SMILES string of the molecule is C=CCCOc1ccc([C@H](C)O)cc1C. The van der Waals surface area contributed by atoms with Gasteiger partial charge in [0.25, 0.3) is 0 Å². The van der Waals surface area contributed by atoms with Crippen LogP contribution in [0.1, 0.15) is 30.6 Å². The number of hydrogen-bond donors (Lipinski definition) is 1. The predicted octanol–water partition coefficient (Wildman–Crippen LogP) is 3.00. The van der Waals surface area contributed by atoms with Gasteiger partial charge >= 0.3 is 0 Å². The van der Waals surface area contributed by atoms with Gasteiger partial charge in [-0.2, -0.15) is 0 Å². The largest absolute Gasteiger partial charge is 0.493 e. The fourth-order valence-electron chi connectivity index (χ4n) is 1.35. The molecule has 1 aromatic carbocycles. The molecular weight excluding hydrogens is 188 g/mol. The molecule has 0 saturated carbocycles. The number of benzene rings is 1. The first-order chi connectivity index (χ1) is 7.15. The minimum Gasteiger partial charge on any atom is -0.493 e. The molecule has 1 aromatic rings. The molecule has 0 aliphatic carbocycles. The molecule has 0 fully saturated rings. The molecule has 0 bridgehead atoms. The number of rotatable bonds is 5. The third kappa shape index (κ3) is 3.40. The monoisotopic (exact) mass is 206 g/mol. The Morgan fingerprint density at radius 2 is 2.27 bits per heavy atom. The van der Waals surface area contributed by atoms with Crippen LogP contribution in [0.5, 0.6) is 5.75 Å². The molecule has 0 heterocycles. The summed E-state index contributed by atoms with van der Waals surface area (Å²) in [5, 5.41) is 9.40. The Bertz CT molecular complexity index is 329. The summed E-state index contributed by atoms with van der Waals surface area (Å²) in [6.45, 7) is 8.03. The minimum absolute atomic E-state index is 0.425. The van der Waals surface area contributed by atoms with E-state index in [1.807, 2.05) is 31.2 Å². The van der Waals surface area contributed by atoms with E-state index in [0.29, 0.717) is 6.61 Å². The van der Waals surface area contributed by atoms with E-state index in [-0.39, 0.29) is 0 Å². The first-order valence-electron chi connectivity index (χ1n) is 5.17. The van der Waals surface area contributed by atoms with Crippen LogP contribution < -0.4 is 4.74 Å². The van der Waals surface area contributed by atoms with Gasteiger partial charge in [0.2, 0.25) is 0 Å². The Labute approximate surface area is 91.2 Å². The maximum absolute atomic E-state index is 9.40.